The van der Waals surface area contributed by atoms with E-state index in [0.717, 1.165) is 11.1 Å². The molecule has 1 N–H and O–H groups in total. The van der Waals surface area contributed by atoms with Crippen LogP contribution in [0.4, 0.5) is 0 Å². The Hall–Kier alpha value is -1.35. The highest BCUT2D eigenvalue weighted by Gasteiger charge is 2.07. The molecular formula is C9H6ClN2O. The Morgan fingerprint density at radius 1 is 1.62 bits per heavy atom. The third-order valence-electron chi connectivity index (χ3n) is 1.91. The average molecular weight is 194 g/mol. The van der Waals surface area contributed by atoms with Crippen LogP contribution in [0.5, 0.6) is 0 Å². The van der Waals surface area contributed by atoms with E-state index in [1.807, 2.05) is 6.92 Å². The van der Waals surface area contributed by atoms with Crippen molar-refractivity contribution in [3.05, 3.63) is 28.5 Å². The molecule has 2 rings (SSSR count). The zero-order valence-electron chi connectivity index (χ0n) is 6.89. The van der Waals surface area contributed by atoms with Gasteiger partial charge in [-0.2, -0.15) is 0 Å². The number of halogens is 1. The number of carbonyl (C=O) groups excluding carboxylic acids is 1. The Balaban J connectivity index is 2.89. The largest absolute Gasteiger partial charge is 0.359 e. The van der Waals surface area contributed by atoms with Gasteiger partial charge >= 0.3 is 0 Å². The van der Waals surface area contributed by atoms with Gasteiger partial charge in [0.1, 0.15) is 10.7 Å². The molecule has 0 aromatic carbocycles. The van der Waals surface area contributed by atoms with E-state index in [2.05, 4.69) is 9.97 Å². The highest BCUT2D eigenvalue weighted by atomic mass is 35.5. The molecule has 0 aliphatic rings. The van der Waals surface area contributed by atoms with E-state index in [-0.39, 0.29) is 0 Å². The van der Waals surface area contributed by atoms with Crippen molar-refractivity contribution in [2.24, 2.45) is 0 Å². The Kier molecular flexibility index (Phi) is 1.81. The Labute approximate surface area is 79.7 Å². The third kappa shape index (κ3) is 1.21. The van der Waals surface area contributed by atoms with Crippen molar-refractivity contribution in [2.75, 3.05) is 0 Å². The van der Waals surface area contributed by atoms with Crippen molar-refractivity contribution in [1.29, 1.82) is 0 Å². The molecule has 0 saturated carbocycles. The molecule has 0 fully saturated rings. The normalized spacial score (nSPS) is 10.6. The van der Waals surface area contributed by atoms with Crippen LogP contribution in [0.2, 0.25) is 5.15 Å². The standard InChI is InChI=1S/C9H6ClN2O/c1-5-2-7(10)12-9-6(4-13)3-11-8(5)9/h2-3,11H,1H3. The molecule has 0 aliphatic heterocycles. The number of hydrogen-bond acceptors (Lipinski definition) is 2. The summed E-state index contributed by atoms with van der Waals surface area (Å²) in [5.74, 6) is 0. The van der Waals surface area contributed by atoms with E-state index < -0.39 is 0 Å². The van der Waals surface area contributed by atoms with Gasteiger partial charge in [0.15, 0.2) is 0 Å². The molecule has 2 heterocycles. The number of aromatic nitrogens is 2. The van der Waals surface area contributed by atoms with Gasteiger partial charge in [-0.05, 0) is 18.6 Å². The van der Waals surface area contributed by atoms with Crippen LogP contribution in [0.3, 0.4) is 0 Å². The van der Waals surface area contributed by atoms with Crippen molar-refractivity contribution < 1.29 is 4.79 Å². The molecule has 3 nitrogen and oxygen atoms in total. The number of rotatable bonds is 1. The second-order valence-electron chi connectivity index (χ2n) is 2.79. The lowest BCUT2D eigenvalue weighted by Crippen LogP contribution is -1.84. The third-order valence-corrected chi connectivity index (χ3v) is 2.10. The van der Waals surface area contributed by atoms with Crippen LogP contribution in [-0.4, -0.2) is 16.3 Å². The number of pyridine rings is 1. The first-order valence-corrected chi connectivity index (χ1v) is 4.12. The second-order valence-corrected chi connectivity index (χ2v) is 3.18. The molecule has 0 amide bonds. The topological polar surface area (TPSA) is 45.8 Å². The average Bonchev–Trinajstić information content (AvgIpc) is 2.47. The van der Waals surface area contributed by atoms with Crippen molar-refractivity contribution in [2.45, 2.75) is 6.92 Å². The van der Waals surface area contributed by atoms with Gasteiger partial charge in [-0.3, -0.25) is 4.79 Å². The van der Waals surface area contributed by atoms with Gasteiger partial charge in [0.25, 0.3) is 0 Å². The van der Waals surface area contributed by atoms with Crippen LogP contribution in [-0.2, 0) is 4.79 Å². The molecule has 0 aliphatic carbocycles. The predicted octanol–water partition coefficient (Wildman–Crippen LogP) is 1.98. The second kappa shape index (κ2) is 2.85. The minimum Gasteiger partial charge on any atom is -0.359 e. The van der Waals surface area contributed by atoms with Gasteiger partial charge in [-0.25, -0.2) is 4.98 Å². The van der Waals surface area contributed by atoms with Gasteiger partial charge in [0.05, 0.1) is 11.1 Å². The van der Waals surface area contributed by atoms with E-state index in [4.69, 9.17) is 11.6 Å². The maximum absolute atomic E-state index is 10.5. The number of aromatic amines is 1. The van der Waals surface area contributed by atoms with Gasteiger partial charge in [-0.1, -0.05) is 11.6 Å². The molecule has 13 heavy (non-hydrogen) atoms. The first kappa shape index (κ1) is 8.26. The molecule has 65 valence electrons. The molecule has 0 bridgehead atoms. The SMILES string of the molecule is Cc1cc(Cl)nc2c([C]=O)c[nH]c12. The van der Waals surface area contributed by atoms with Gasteiger partial charge in [0, 0.05) is 6.20 Å². The summed E-state index contributed by atoms with van der Waals surface area (Å²) in [5, 5.41) is 0.390. The minimum atomic E-state index is 0.390. The fourth-order valence-electron chi connectivity index (χ4n) is 1.30. The molecule has 0 saturated heterocycles. The highest BCUT2D eigenvalue weighted by molar-refractivity contribution is 6.30. The summed E-state index contributed by atoms with van der Waals surface area (Å²) in [6.07, 6.45) is 3.38. The summed E-state index contributed by atoms with van der Waals surface area (Å²) in [4.78, 5) is 17.5. The molecule has 1 radical (unpaired) electrons. The monoisotopic (exact) mass is 193 g/mol. The van der Waals surface area contributed by atoms with Crippen molar-refractivity contribution in [1.82, 2.24) is 9.97 Å². The van der Waals surface area contributed by atoms with Crippen molar-refractivity contribution in [3.63, 3.8) is 0 Å². The number of nitrogens with one attached hydrogen (secondary N) is 1. The lowest BCUT2D eigenvalue weighted by atomic mass is 10.2. The van der Waals surface area contributed by atoms with Crippen LogP contribution in [0.15, 0.2) is 12.3 Å². The summed E-state index contributed by atoms with van der Waals surface area (Å²) >= 11 is 5.75. The van der Waals surface area contributed by atoms with Crippen LogP contribution in [0.1, 0.15) is 11.1 Å². The number of hydrogen-bond donors (Lipinski definition) is 1. The summed E-state index contributed by atoms with van der Waals surface area (Å²) in [7, 11) is 0. The smallest absolute Gasteiger partial charge is 0.237 e. The molecule has 0 unspecified atom stereocenters. The summed E-state index contributed by atoms with van der Waals surface area (Å²) in [5.41, 5.74) is 2.81. The van der Waals surface area contributed by atoms with Crippen LogP contribution < -0.4 is 0 Å². The van der Waals surface area contributed by atoms with Crippen molar-refractivity contribution in [3.8, 4) is 0 Å². The zero-order chi connectivity index (χ0) is 9.42. The summed E-state index contributed by atoms with van der Waals surface area (Å²) in [6, 6.07) is 1.75. The minimum absolute atomic E-state index is 0.390. The fourth-order valence-corrected chi connectivity index (χ4v) is 1.55. The summed E-state index contributed by atoms with van der Waals surface area (Å²) in [6.45, 7) is 1.90. The highest BCUT2D eigenvalue weighted by Crippen LogP contribution is 2.21. The predicted molar refractivity (Wildman–Crippen MR) is 50.6 cm³/mol. The van der Waals surface area contributed by atoms with E-state index in [1.54, 1.807) is 18.5 Å². The van der Waals surface area contributed by atoms with E-state index in [9.17, 15) is 4.79 Å². The first-order chi connectivity index (χ1) is 6.22. The Morgan fingerprint density at radius 2 is 2.38 bits per heavy atom. The van der Waals surface area contributed by atoms with Gasteiger partial charge < -0.3 is 4.98 Å². The van der Waals surface area contributed by atoms with Crippen molar-refractivity contribution >= 4 is 28.9 Å². The molecular weight excluding hydrogens is 188 g/mol. The fraction of sp³-hybridized carbons (Fsp3) is 0.111. The number of fused-ring (bicyclic) bond motifs is 1. The van der Waals surface area contributed by atoms with E-state index in [0.29, 0.717) is 16.2 Å². The zero-order valence-corrected chi connectivity index (χ0v) is 7.64. The number of H-pyrrole nitrogens is 1. The Morgan fingerprint density at radius 3 is 3.08 bits per heavy atom. The van der Waals surface area contributed by atoms with Gasteiger partial charge in [0.2, 0.25) is 6.29 Å². The lowest BCUT2D eigenvalue weighted by molar-refractivity contribution is 0.563. The van der Waals surface area contributed by atoms with Crippen LogP contribution >= 0.6 is 11.6 Å². The maximum atomic E-state index is 10.5. The molecule has 4 heteroatoms. The van der Waals surface area contributed by atoms with Gasteiger partial charge in [-0.15, -0.1) is 0 Å². The molecule has 2 aromatic rings. The van der Waals surface area contributed by atoms with Crippen LogP contribution in [0, 0.1) is 6.92 Å². The van der Waals surface area contributed by atoms with Crippen LogP contribution in [0.25, 0.3) is 11.0 Å². The lowest BCUT2D eigenvalue weighted by Gasteiger charge is -1.96. The number of aryl methyl sites for hydroxylation is 1. The van der Waals surface area contributed by atoms with E-state index in [1.165, 1.54) is 0 Å². The maximum Gasteiger partial charge on any atom is 0.237 e. The quantitative estimate of drug-likeness (QED) is 0.704. The first-order valence-electron chi connectivity index (χ1n) is 3.75. The molecule has 0 atom stereocenters. The Bertz CT molecular complexity index is 476. The molecule has 2 aromatic heterocycles. The molecule has 0 spiro atoms. The number of nitrogens with zero attached hydrogens (tertiary/aromatic N) is 1. The summed E-state index contributed by atoms with van der Waals surface area (Å²) < 4.78 is 0. The van der Waals surface area contributed by atoms with E-state index >= 15 is 0 Å².